The molecule has 7 nitrogen and oxygen atoms in total. The van der Waals surface area contributed by atoms with Crippen LogP contribution in [0, 0.1) is 11.3 Å². The second-order valence-corrected chi connectivity index (χ2v) is 11.5. The van der Waals surface area contributed by atoms with Crippen molar-refractivity contribution in [3.8, 4) is 0 Å². The predicted octanol–water partition coefficient (Wildman–Crippen LogP) is 3.39. The summed E-state index contributed by atoms with van der Waals surface area (Å²) in [6.45, 7) is 6.12. The summed E-state index contributed by atoms with van der Waals surface area (Å²) in [5.41, 5.74) is -1.58. The van der Waals surface area contributed by atoms with Crippen molar-refractivity contribution in [3.05, 3.63) is 35.9 Å². The Kier molecular flexibility index (Phi) is 7.39. The molecule has 1 atom stereocenters. The zero-order valence-corrected chi connectivity index (χ0v) is 21.5. The molecule has 192 valence electrons. The number of benzene rings is 1. The highest BCUT2D eigenvalue weighted by atomic mass is 16.5. The van der Waals surface area contributed by atoms with Crippen LogP contribution in [0.1, 0.15) is 70.8 Å². The van der Waals surface area contributed by atoms with E-state index in [4.69, 9.17) is 4.74 Å². The Bertz CT molecular complexity index is 932. The second kappa shape index (κ2) is 10.0. The number of esters is 1. The lowest BCUT2D eigenvalue weighted by molar-refractivity contribution is -0.916. The van der Waals surface area contributed by atoms with Crippen molar-refractivity contribution in [2.75, 3.05) is 33.3 Å². The summed E-state index contributed by atoms with van der Waals surface area (Å²) in [6, 6.07) is 9.10. The molecular weight excluding hydrogens is 444 g/mol. The van der Waals surface area contributed by atoms with Crippen molar-refractivity contribution in [3.63, 3.8) is 0 Å². The number of hydrogen-bond acceptors (Lipinski definition) is 5. The van der Waals surface area contributed by atoms with Crippen molar-refractivity contribution < 1.29 is 28.7 Å². The highest BCUT2D eigenvalue weighted by Crippen LogP contribution is 2.44. The van der Waals surface area contributed by atoms with Crippen molar-refractivity contribution in [2.45, 2.75) is 76.9 Å². The van der Waals surface area contributed by atoms with Gasteiger partial charge in [-0.15, -0.1) is 0 Å². The summed E-state index contributed by atoms with van der Waals surface area (Å²) in [4.78, 5) is 40.3. The van der Waals surface area contributed by atoms with Gasteiger partial charge in [0, 0.05) is 31.2 Å². The van der Waals surface area contributed by atoms with Crippen molar-refractivity contribution >= 4 is 17.8 Å². The molecule has 3 fully saturated rings. The second-order valence-electron chi connectivity index (χ2n) is 11.5. The van der Waals surface area contributed by atoms with E-state index in [1.54, 1.807) is 0 Å². The number of likely N-dealkylation sites (N-methyl/N-ethyl adjacent to an activating group) is 1. The highest BCUT2D eigenvalue weighted by molar-refractivity contribution is 6.06. The van der Waals surface area contributed by atoms with Gasteiger partial charge in [0.25, 0.3) is 0 Å². The molecule has 1 aromatic rings. The van der Waals surface area contributed by atoms with Crippen LogP contribution < -0.4 is 0 Å². The van der Waals surface area contributed by atoms with Gasteiger partial charge >= 0.3 is 5.97 Å². The molecule has 0 unspecified atom stereocenters. The van der Waals surface area contributed by atoms with Crippen LogP contribution in [-0.4, -0.2) is 71.6 Å². The normalized spacial score (nSPS) is 29.6. The maximum absolute atomic E-state index is 13.3. The van der Waals surface area contributed by atoms with Crippen LogP contribution >= 0.6 is 0 Å². The Morgan fingerprint density at radius 1 is 1.14 bits per heavy atom. The average Bonchev–Trinajstić information content (AvgIpc) is 3.11. The quantitative estimate of drug-likeness (QED) is 0.364. The lowest BCUT2D eigenvalue weighted by atomic mass is 9.73. The van der Waals surface area contributed by atoms with Gasteiger partial charge < -0.3 is 14.3 Å². The lowest BCUT2D eigenvalue weighted by Gasteiger charge is -2.44. The molecule has 7 heteroatoms. The Labute approximate surface area is 209 Å². The van der Waals surface area contributed by atoms with Gasteiger partial charge in [-0.05, 0) is 32.3 Å². The standard InChI is InChI=1S/C28H41N2O5/c1-21(2)29-24(31)20-27(25(29)32)14-16-30(3,17-15-27)18-19-35-26(33)28(34,22-10-6-4-7-11-22)23-12-8-5-9-13-23/h4,6-7,10-11,21,23,34H,5,8-9,12-20H2,1-3H3/q+1/t27?,28-,30?/m1/s1. The van der Waals surface area contributed by atoms with E-state index in [0.29, 0.717) is 35.9 Å². The average molecular weight is 486 g/mol. The van der Waals surface area contributed by atoms with Gasteiger partial charge in [-0.1, -0.05) is 49.6 Å². The topological polar surface area (TPSA) is 83.9 Å². The third kappa shape index (κ3) is 4.90. The first kappa shape index (κ1) is 25.8. The van der Waals surface area contributed by atoms with Crippen LogP contribution in [0.15, 0.2) is 30.3 Å². The number of carbonyl (C=O) groups excluding carboxylic acids is 3. The summed E-state index contributed by atoms with van der Waals surface area (Å²) in [6.07, 6.45) is 6.44. The number of carbonyl (C=O) groups is 3. The molecule has 2 heterocycles. The van der Waals surface area contributed by atoms with Crippen LogP contribution in [0.3, 0.4) is 0 Å². The van der Waals surface area contributed by atoms with Crippen molar-refractivity contribution in [1.82, 2.24) is 4.90 Å². The van der Waals surface area contributed by atoms with Gasteiger partial charge in [-0.2, -0.15) is 0 Å². The molecular formula is C28H41N2O5+. The molecule has 1 aromatic carbocycles. The summed E-state index contributed by atoms with van der Waals surface area (Å²) in [5, 5.41) is 11.7. The van der Waals surface area contributed by atoms with Gasteiger partial charge in [0.1, 0.15) is 13.2 Å². The predicted molar refractivity (Wildman–Crippen MR) is 132 cm³/mol. The Balaban J connectivity index is 1.37. The van der Waals surface area contributed by atoms with Gasteiger partial charge in [-0.25, -0.2) is 4.79 Å². The summed E-state index contributed by atoms with van der Waals surface area (Å²) in [5.74, 6) is -0.770. The van der Waals surface area contributed by atoms with E-state index >= 15 is 0 Å². The zero-order chi connectivity index (χ0) is 25.3. The maximum Gasteiger partial charge on any atom is 0.343 e. The molecule has 0 aromatic heterocycles. The van der Waals surface area contributed by atoms with E-state index in [2.05, 4.69) is 7.05 Å². The number of hydrogen-bond donors (Lipinski definition) is 1. The van der Waals surface area contributed by atoms with Crippen LogP contribution in [-0.2, 0) is 24.7 Å². The Morgan fingerprint density at radius 3 is 2.34 bits per heavy atom. The number of amides is 2. The third-order valence-electron chi connectivity index (χ3n) is 8.79. The molecule has 1 N–H and O–H groups in total. The van der Waals surface area contributed by atoms with E-state index in [9.17, 15) is 19.5 Å². The monoisotopic (exact) mass is 485 g/mol. The van der Waals surface area contributed by atoms with E-state index < -0.39 is 17.0 Å². The fourth-order valence-electron chi connectivity index (χ4n) is 6.36. The van der Waals surface area contributed by atoms with Gasteiger partial charge in [0.05, 0.1) is 25.6 Å². The minimum atomic E-state index is -1.62. The van der Waals surface area contributed by atoms with Crippen LogP contribution in [0.25, 0.3) is 0 Å². The van der Waals surface area contributed by atoms with Crippen LogP contribution in [0.2, 0.25) is 0 Å². The highest BCUT2D eigenvalue weighted by Gasteiger charge is 2.55. The van der Waals surface area contributed by atoms with Crippen LogP contribution in [0.4, 0.5) is 0 Å². The minimum absolute atomic E-state index is 0.0180. The third-order valence-corrected chi connectivity index (χ3v) is 8.79. The molecule has 1 saturated carbocycles. The fraction of sp³-hybridized carbons (Fsp3) is 0.679. The first-order valence-corrected chi connectivity index (χ1v) is 13.3. The first-order chi connectivity index (χ1) is 16.6. The molecule has 1 spiro atoms. The fourth-order valence-corrected chi connectivity index (χ4v) is 6.36. The van der Waals surface area contributed by atoms with E-state index in [1.807, 2.05) is 44.2 Å². The Hall–Kier alpha value is -2.25. The van der Waals surface area contributed by atoms with Gasteiger partial charge in [0.15, 0.2) is 5.60 Å². The van der Waals surface area contributed by atoms with Crippen molar-refractivity contribution in [1.29, 1.82) is 0 Å². The number of rotatable bonds is 7. The molecule has 0 bridgehead atoms. The number of likely N-dealkylation sites (tertiary alicyclic amines) is 2. The molecule has 1 aliphatic carbocycles. The molecule has 35 heavy (non-hydrogen) atoms. The molecule has 0 radical (unpaired) electrons. The number of aliphatic hydroxyl groups is 1. The largest absolute Gasteiger partial charge is 0.457 e. The first-order valence-electron chi connectivity index (χ1n) is 13.3. The van der Waals surface area contributed by atoms with E-state index in [-0.39, 0.29) is 30.4 Å². The molecule has 2 amide bonds. The molecule has 2 saturated heterocycles. The van der Waals surface area contributed by atoms with Crippen molar-refractivity contribution in [2.24, 2.45) is 11.3 Å². The van der Waals surface area contributed by atoms with Crippen LogP contribution in [0.5, 0.6) is 0 Å². The zero-order valence-electron chi connectivity index (χ0n) is 21.5. The van der Waals surface area contributed by atoms with E-state index in [1.165, 1.54) is 4.90 Å². The number of quaternary nitrogens is 1. The molecule has 2 aliphatic heterocycles. The summed E-state index contributed by atoms with van der Waals surface area (Å²) >= 11 is 0. The van der Waals surface area contributed by atoms with Gasteiger partial charge in [-0.3, -0.25) is 14.5 Å². The number of imide groups is 1. The molecule has 3 aliphatic rings. The smallest absolute Gasteiger partial charge is 0.343 e. The molecule has 4 rings (SSSR count). The maximum atomic E-state index is 13.3. The number of ether oxygens (including phenoxy) is 1. The SMILES string of the molecule is CC(C)N1C(=O)CC2(CC[N+](C)(CCOC(=O)[C@@](O)(c3ccccc3)C3CCCCC3)CC2)C1=O. The number of nitrogens with zero attached hydrogens (tertiary/aromatic N) is 2. The Morgan fingerprint density at radius 2 is 1.77 bits per heavy atom. The van der Waals surface area contributed by atoms with E-state index in [0.717, 1.165) is 45.2 Å². The van der Waals surface area contributed by atoms with Gasteiger partial charge in [0.2, 0.25) is 11.8 Å². The minimum Gasteiger partial charge on any atom is -0.457 e. The summed E-state index contributed by atoms with van der Waals surface area (Å²) in [7, 11) is 2.12. The number of piperidine rings is 1. The lowest BCUT2D eigenvalue weighted by Crippen LogP contribution is -2.56. The summed E-state index contributed by atoms with van der Waals surface area (Å²) < 4.78 is 6.44.